The SMILES string of the molecule is C1COCO1.CC1CO1. The minimum Gasteiger partial charge on any atom is -0.373 e. The van der Waals surface area contributed by atoms with Crippen LogP contribution in [0.3, 0.4) is 0 Å². The van der Waals surface area contributed by atoms with Crippen LogP contribution < -0.4 is 0 Å². The van der Waals surface area contributed by atoms with Crippen molar-refractivity contribution in [1.29, 1.82) is 0 Å². The monoisotopic (exact) mass is 132 g/mol. The minimum absolute atomic E-state index is 0.500. The molecular weight excluding hydrogens is 120 g/mol. The van der Waals surface area contributed by atoms with Crippen LogP contribution in [0.5, 0.6) is 0 Å². The lowest BCUT2D eigenvalue weighted by Gasteiger charge is -1.76. The van der Waals surface area contributed by atoms with E-state index in [-0.39, 0.29) is 0 Å². The van der Waals surface area contributed by atoms with Gasteiger partial charge in [-0.25, -0.2) is 0 Å². The molecule has 0 spiro atoms. The van der Waals surface area contributed by atoms with E-state index in [9.17, 15) is 0 Å². The summed E-state index contributed by atoms with van der Waals surface area (Å²) in [5.74, 6) is 0. The van der Waals surface area contributed by atoms with E-state index in [4.69, 9.17) is 14.2 Å². The van der Waals surface area contributed by atoms with E-state index < -0.39 is 0 Å². The van der Waals surface area contributed by atoms with E-state index in [2.05, 4.69) is 6.92 Å². The Morgan fingerprint density at radius 1 is 1.22 bits per heavy atom. The second kappa shape index (κ2) is 3.82. The molecule has 0 saturated carbocycles. The third-order valence-corrected chi connectivity index (χ3v) is 1.04. The first kappa shape index (κ1) is 6.99. The van der Waals surface area contributed by atoms with Gasteiger partial charge in [0.15, 0.2) is 0 Å². The Labute approximate surface area is 54.9 Å². The highest BCUT2D eigenvalue weighted by molar-refractivity contribution is 4.58. The molecule has 0 aromatic carbocycles. The van der Waals surface area contributed by atoms with Crippen LogP contribution in [-0.4, -0.2) is 32.7 Å². The molecule has 1 atom stereocenters. The molecule has 2 fully saturated rings. The highest BCUT2D eigenvalue weighted by atomic mass is 16.7. The van der Waals surface area contributed by atoms with Gasteiger partial charge in [0.25, 0.3) is 0 Å². The van der Waals surface area contributed by atoms with Gasteiger partial charge in [-0.3, -0.25) is 0 Å². The van der Waals surface area contributed by atoms with Gasteiger partial charge in [0, 0.05) is 0 Å². The maximum atomic E-state index is 4.72. The van der Waals surface area contributed by atoms with Gasteiger partial charge < -0.3 is 14.2 Å². The minimum atomic E-state index is 0.500. The smallest absolute Gasteiger partial charge is 0.146 e. The van der Waals surface area contributed by atoms with Crippen LogP contribution in [0.4, 0.5) is 0 Å². The normalized spacial score (nSPS) is 31.0. The second-order valence-corrected chi connectivity index (χ2v) is 2.08. The highest BCUT2D eigenvalue weighted by Crippen LogP contribution is 2.04. The predicted octanol–water partition coefficient (Wildman–Crippen LogP) is 0.396. The molecule has 2 saturated heterocycles. The van der Waals surface area contributed by atoms with Crippen molar-refractivity contribution in [1.82, 2.24) is 0 Å². The zero-order valence-electron chi connectivity index (χ0n) is 5.63. The summed E-state index contributed by atoms with van der Waals surface area (Å²) in [5, 5.41) is 0. The predicted molar refractivity (Wildman–Crippen MR) is 32.2 cm³/mol. The lowest BCUT2D eigenvalue weighted by Crippen LogP contribution is -1.79. The molecule has 1 unspecified atom stereocenters. The first-order valence-corrected chi connectivity index (χ1v) is 3.16. The van der Waals surface area contributed by atoms with Crippen molar-refractivity contribution >= 4 is 0 Å². The molecule has 54 valence electrons. The lowest BCUT2D eigenvalue weighted by molar-refractivity contribution is 0.0692. The molecule has 0 bridgehead atoms. The Morgan fingerprint density at radius 2 is 1.67 bits per heavy atom. The Hall–Kier alpha value is -0.120. The summed E-state index contributed by atoms with van der Waals surface area (Å²) >= 11 is 0. The molecule has 3 heteroatoms. The molecule has 9 heavy (non-hydrogen) atoms. The molecule has 2 rings (SSSR count). The van der Waals surface area contributed by atoms with E-state index >= 15 is 0 Å². The van der Waals surface area contributed by atoms with Crippen LogP contribution in [0.15, 0.2) is 0 Å². The van der Waals surface area contributed by atoms with Crippen LogP contribution in [0.1, 0.15) is 6.92 Å². The lowest BCUT2D eigenvalue weighted by atomic mass is 10.6. The molecule has 2 heterocycles. The van der Waals surface area contributed by atoms with Crippen LogP contribution in [0, 0.1) is 0 Å². The van der Waals surface area contributed by atoms with E-state index in [1.807, 2.05) is 0 Å². The zero-order valence-corrected chi connectivity index (χ0v) is 5.63. The van der Waals surface area contributed by atoms with Gasteiger partial charge in [-0.15, -0.1) is 0 Å². The molecule has 2 aliphatic heterocycles. The second-order valence-electron chi connectivity index (χ2n) is 2.08. The average molecular weight is 132 g/mol. The highest BCUT2D eigenvalue weighted by Gasteiger charge is 2.13. The number of hydrogen-bond donors (Lipinski definition) is 0. The van der Waals surface area contributed by atoms with Gasteiger partial charge in [0.05, 0.1) is 25.9 Å². The first-order chi connectivity index (χ1) is 4.39. The van der Waals surface area contributed by atoms with Gasteiger partial charge >= 0.3 is 0 Å². The Morgan fingerprint density at radius 3 is 1.78 bits per heavy atom. The van der Waals surface area contributed by atoms with Crippen molar-refractivity contribution in [2.45, 2.75) is 13.0 Å². The van der Waals surface area contributed by atoms with Gasteiger partial charge in [-0.1, -0.05) is 0 Å². The van der Waals surface area contributed by atoms with Gasteiger partial charge in [-0.05, 0) is 6.92 Å². The summed E-state index contributed by atoms with van der Waals surface area (Å²) in [5.41, 5.74) is 0. The van der Waals surface area contributed by atoms with Crippen LogP contribution in [-0.2, 0) is 14.2 Å². The van der Waals surface area contributed by atoms with Gasteiger partial charge in [0.1, 0.15) is 6.79 Å². The molecule has 0 amide bonds. The fourth-order valence-electron chi connectivity index (χ4n) is 0.391. The summed E-state index contributed by atoms with van der Waals surface area (Å²) in [6.07, 6.45) is 0.583. The molecule has 0 aromatic heterocycles. The Kier molecular flexibility index (Phi) is 2.97. The van der Waals surface area contributed by atoms with Crippen LogP contribution in [0.25, 0.3) is 0 Å². The summed E-state index contributed by atoms with van der Waals surface area (Å²) in [6.45, 7) is 5.10. The average Bonchev–Trinajstić information content (AvgIpc) is 2.52. The summed E-state index contributed by atoms with van der Waals surface area (Å²) < 4.78 is 14.2. The molecule has 3 nitrogen and oxygen atoms in total. The topological polar surface area (TPSA) is 31.0 Å². The number of hydrogen-bond acceptors (Lipinski definition) is 3. The van der Waals surface area contributed by atoms with Crippen molar-refractivity contribution in [2.75, 3.05) is 26.6 Å². The van der Waals surface area contributed by atoms with Crippen LogP contribution >= 0.6 is 0 Å². The Bertz CT molecular complexity index is 59.1. The van der Waals surface area contributed by atoms with Crippen molar-refractivity contribution in [2.24, 2.45) is 0 Å². The van der Waals surface area contributed by atoms with Crippen molar-refractivity contribution in [3.8, 4) is 0 Å². The van der Waals surface area contributed by atoms with E-state index in [0.29, 0.717) is 12.9 Å². The van der Waals surface area contributed by atoms with E-state index in [1.165, 1.54) is 0 Å². The number of rotatable bonds is 0. The zero-order chi connectivity index (χ0) is 6.53. The van der Waals surface area contributed by atoms with Crippen LogP contribution in [0.2, 0.25) is 0 Å². The largest absolute Gasteiger partial charge is 0.373 e. The molecule has 0 aromatic rings. The van der Waals surface area contributed by atoms with Gasteiger partial charge in [-0.2, -0.15) is 0 Å². The van der Waals surface area contributed by atoms with Crippen molar-refractivity contribution < 1.29 is 14.2 Å². The summed E-state index contributed by atoms with van der Waals surface area (Å²) in [6, 6.07) is 0. The van der Waals surface area contributed by atoms with E-state index in [1.54, 1.807) is 0 Å². The molecular formula is C6H12O3. The first-order valence-electron chi connectivity index (χ1n) is 3.16. The molecule has 0 N–H and O–H groups in total. The van der Waals surface area contributed by atoms with E-state index in [0.717, 1.165) is 19.8 Å². The number of ether oxygens (including phenoxy) is 3. The van der Waals surface area contributed by atoms with Crippen molar-refractivity contribution in [3.63, 3.8) is 0 Å². The molecule has 0 radical (unpaired) electrons. The quantitative estimate of drug-likeness (QED) is 0.447. The van der Waals surface area contributed by atoms with Gasteiger partial charge in [0.2, 0.25) is 0 Å². The Balaban J connectivity index is 0.0000000922. The molecule has 0 aliphatic carbocycles. The maximum absolute atomic E-state index is 4.72. The molecule has 2 aliphatic rings. The standard InChI is InChI=1S/C3H6O2.C3H6O/c1-2-5-3-4-1;1-3-2-4-3/h1-3H2;3H,2H2,1H3. The fourth-order valence-corrected chi connectivity index (χ4v) is 0.391. The number of epoxide rings is 1. The fraction of sp³-hybridized carbons (Fsp3) is 1.00. The third-order valence-electron chi connectivity index (χ3n) is 1.04. The van der Waals surface area contributed by atoms with Crippen molar-refractivity contribution in [3.05, 3.63) is 0 Å². The maximum Gasteiger partial charge on any atom is 0.146 e. The summed E-state index contributed by atoms with van der Waals surface area (Å²) in [4.78, 5) is 0. The summed E-state index contributed by atoms with van der Waals surface area (Å²) in [7, 11) is 0. The third kappa shape index (κ3) is 4.39.